The van der Waals surface area contributed by atoms with Crippen LogP contribution in [0.3, 0.4) is 0 Å². The van der Waals surface area contributed by atoms with E-state index in [0.717, 1.165) is 40.3 Å². The zero-order chi connectivity index (χ0) is 20.5. The lowest BCUT2D eigenvalue weighted by atomic mass is 10.1. The molecular weight excluding hydrogens is 393 g/mol. The maximum Gasteiger partial charge on any atom is 0.416 e. The van der Waals surface area contributed by atoms with Crippen LogP contribution in [0.15, 0.2) is 53.5 Å². The summed E-state index contributed by atoms with van der Waals surface area (Å²) in [6, 6.07) is 9.87. The Morgan fingerprint density at radius 3 is 2.36 bits per heavy atom. The third-order valence-electron chi connectivity index (χ3n) is 4.17. The predicted molar refractivity (Wildman–Crippen MR) is 98.1 cm³/mol. The lowest BCUT2D eigenvalue weighted by molar-refractivity contribution is -0.141. The van der Waals surface area contributed by atoms with Gasteiger partial charge in [0, 0.05) is 5.56 Å². The Balaban J connectivity index is 2.11. The number of hydrogen-bond donors (Lipinski definition) is 1. The van der Waals surface area contributed by atoms with Crippen molar-refractivity contribution in [3.63, 3.8) is 0 Å². The molecule has 3 rings (SSSR count). The van der Waals surface area contributed by atoms with Crippen molar-refractivity contribution in [3.8, 4) is 0 Å². The van der Waals surface area contributed by atoms with Gasteiger partial charge in [-0.2, -0.15) is 18.2 Å². The van der Waals surface area contributed by atoms with Crippen LogP contribution in [0.5, 0.6) is 0 Å². The predicted octanol–water partition coefficient (Wildman–Crippen LogP) is 4.50. The summed E-state index contributed by atoms with van der Waals surface area (Å²) in [6.07, 6.45) is -4.22. The summed E-state index contributed by atoms with van der Waals surface area (Å²) in [5, 5.41) is 9.54. The van der Waals surface area contributed by atoms with Crippen molar-refractivity contribution >= 4 is 33.4 Å². The highest BCUT2D eigenvalue weighted by Crippen LogP contribution is 2.29. The van der Waals surface area contributed by atoms with Gasteiger partial charge in [-0.1, -0.05) is 30.4 Å². The van der Waals surface area contributed by atoms with E-state index >= 15 is 0 Å². The van der Waals surface area contributed by atoms with Gasteiger partial charge < -0.3 is 9.67 Å². The molecule has 9 heteroatoms. The number of carbonyl (C=O) groups is 2. The SMILES string of the molecule is CCC(C(=O)O)n1c(=NC(=O)c2ccc(C(F)(F)F)cc2)sc2ccccc21. The second-order valence-corrected chi connectivity index (χ2v) is 6.99. The fourth-order valence-electron chi connectivity index (χ4n) is 2.79. The Morgan fingerprint density at radius 1 is 1.14 bits per heavy atom. The lowest BCUT2D eigenvalue weighted by Crippen LogP contribution is -2.27. The fraction of sp³-hybridized carbons (Fsp3) is 0.211. The van der Waals surface area contributed by atoms with Crippen molar-refractivity contribution in [2.75, 3.05) is 0 Å². The molecule has 1 atom stereocenters. The molecule has 1 heterocycles. The van der Waals surface area contributed by atoms with Crippen molar-refractivity contribution in [3.05, 3.63) is 64.5 Å². The summed E-state index contributed by atoms with van der Waals surface area (Å²) in [7, 11) is 0. The van der Waals surface area contributed by atoms with E-state index in [2.05, 4.69) is 4.99 Å². The summed E-state index contributed by atoms with van der Waals surface area (Å²) in [4.78, 5) is 28.3. The molecule has 0 spiro atoms. The van der Waals surface area contributed by atoms with Crippen molar-refractivity contribution in [2.45, 2.75) is 25.6 Å². The van der Waals surface area contributed by atoms with Gasteiger partial charge in [-0.15, -0.1) is 0 Å². The molecule has 1 N–H and O–H groups in total. The first-order chi connectivity index (χ1) is 13.2. The Labute approximate surface area is 161 Å². The van der Waals surface area contributed by atoms with Gasteiger partial charge in [0.25, 0.3) is 5.91 Å². The number of thiazole rings is 1. The number of fused-ring (bicyclic) bond motifs is 1. The Morgan fingerprint density at radius 2 is 1.79 bits per heavy atom. The van der Waals surface area contributed by atoms with Crippen LogP contribution in [0, 0.1) is 0 Å². The van der Waals surface area contributed by atoms with Crippen molar-refractivity contribution in [1.82, 2.24) is 4.57 Å². The minimum absolute atomic E-state index is 0.0135. The molecule has 28 heavy (non-hydrogen) atoms. The number of aliphatic carboxylic acids is 1. The van der Waals surface area contributed by atoms with Crippen molar-refractivity contribution in [2.24, 2.45) is 4.99 Å². The molecule has 5 nitrogen and oxygen atoms in total. The topological polar surface area (TPSA) is 71.7 Å². The maximum atomic E-state index is 12.7. The van der Waals surface area contributed by atoms with E-state index in [0.29, 0.717) is 5.52 Å². The molecule has 0 fully saturated rings. The fourth-order valence-corrected chi connectivity index (χ4v) is 3.86. The highest BCUT2D eigenvalue weighted by atomic mass is 32.1. The number of nitrogens with zero attached hydrogens (tertiary/aromatic N) is 2. The Bertz CT molecular complexity index is 1100. The van der Waals surface area contributed by atoms with Crippen LogP contribution in [0.4, 0.5) is 13.2 Å². The van der Waals surface area contributed by atoms with Crippen LogP contribution < -0.4 is 4.80 Å². The molecule has 3 aromatic rings. The number of aromatic nitrogens is 1. The van der Waals surface area contributed by atoms with Gasteiger partial charge in [-0.3, -0.25) is 4.79 Å². The number of amides is 1. The zero-order valence-corrected chi connectivity index (χ0v) is 15.4. The summed E-state index contributed by atoms with van der Waals surface area (Å²) in [5.74, 6) is -1.80. The largest absolute Gasteiger partial charge is 0.480 e. The Hall–Kier alpha value is -2.94. The van der Waals surface area contributed by atoms with E-state index in [1.165, 1.54) is 4.57 Å². The number of carboxylic acids is 1. The summed E-state index contributed by atoms with van der Waals surface area (Å²) in [5.41, 5.74) is -0.251. The number of alkyl halides is 3. The van der Waals surface area contributed by atoms with Crippen LogP contribution in [-0.2, 0) is 11.0 Å². The highest BCUT2D eigenvalue weighted by Gasteiger charge is 2.30. The Kier molecular flexibility index (Phi) is 5.37. The van der Waals surface area contributed by atoms with Gasteiger partial charge in [-0.25, -0.2) is 4.79 Å². The number of rotatable bonds is 4. The van der Waals surface area contributed by atoms with Crippen LogP contribution in [0.2, 0.25) is 0 Å². The van der Waals surface area contributed by atoms with E-state index in [1.54, 1.807) is 31.2 Å². The number of benzene rings is 2. The third-order valence-corrected chi connectivity index (χ3v) is 5.21. The molecule has 1 amide bonds. The monoisotopic (exact) mass is 408 g/mol. The molecular formula is C19H15F3N2O3S. The highest BCUT2D eigenvalue weighted by molar-refractivity contribution is 7.16. The van der Waals surface area contributed by atoms with Crippen molar-refractivity contribution in [1.29, 1.82) is 0 Å². The van der Waals surface area contributed by atoms with Crippen LogP contribution >= 0.6 is 11.3 Å². The summed E-state index contributed by atoms with van der Waals surface area (Å²) >= 11 is 1.15. The molecule has 0 saturated heterocycles. The average molecular weight is 408 g/mol. The first-order valence-corrected chi connectivity index (χ1v) is 9.13. The minimum atomic E-state index is -4.50. The standard InChI is InChI=1S/C19H15F3N2O3S/c1-2-13(17(26)27)24-14-5-3-4-6-15(14)28-18(24)23-16(25)11-7-9-12(10-8-11)19(20,21)22/h3-10,13H,2H2,1H3,(H,26,27). The first-order valence-electron chi connectivity index (χ1n) is 8.31. The molecule has 2 aromatic carbocycles. The number of carboxylic acid groups (broad SMARTS) is 1. The van der Waals surface area contributed by atoms with E-state index in [-0.39, 0.29) is 16.8 Å². The second-order valence-electron chi connectivity index (χ2n) is 5.98. The van der Waals surface area contributed by atoms with Gasteiger partial charge in [0.2, 0.25) is 0 Å². The molecule has 146 valence electrons. The smallest absolute Gasteiger partial charge is 0.416 e. The molecule has 0 aliphatic rings. The molecule has 1 aromatic heterocycles. The maximum absolute atomic E-state index is 12.7. The number of para-hydroxylation sites is 1. The van der Waals surface area contributed by atoms with Gasteiger partial charge in [0.05, 0.1) is 15.8 Å². The summed E-state index contributed by atoms with van der Waals surface area (Å²) in [6.45, 7) is 1.71. The van der Waals surface area contributed by atoms with Gasteiger partial charge in [0.1, 0.15) is 6.04 Å². The molecule has 0 aliphatic heterocycles. The van der Waals surface area contributed by atoms with Gasteiger partial charge in [0.15, 0.2) is 4.80 Å². The molecule has 0 aliphatic carbocycles. The van der Waals surface area contributed by atoms with Gasteiger partial charge >= 0.3 is 12.1 Å². The molecule has 1 unspecified atom stereocenters. The number of halogens is 3. The van der Waals surface area contributed by atoms with E-state index in [9.17, 15) is 27.9 Å². The second kappa shape index (κ2) is 7.59. The first kappa shape index (κ1) is 19.8. The van der Waals surface area contributed by atoms with E-state index in [1.807, 2.05) is 0 Å². The molecule has 0 radical (unpaired) electrons. The molecule has 0 bridgehead atoms. The summed E-state index contributed by atoms with van der Waals surface area (Å²) < 4.78 is 40.3. The van der Waals surface area contributed by atoms with E-state index < -0.39 is 29.7 Å². The third kappa shape index (κ3) is 3.84. The normalized spacial score (nSPS) is 13.6. The van der Waals surface area contributed by atoms with Gasteiger partial charge in [-0.05, 0) is 42.8 Å². The molecule has 0 saturated carbocycles. The van der Waals surface area contributed by atoms with Crippen LogP contribution in [-0.4, -0.2) is 21.6 Å². The lowest BCUT2D eigenvalue weighted by Gasteiger charge is -2.13. The van der Waals surface area contributed by atoms with Crippen molar-refractivity contribution < 1.29 is 27.9 Å². The quantitative estimate of drug-likeness (QED) is 0.691. The van der Waals surface area contributed by atoms with Crippen LogP contribution in [0.1, 0.15) is 35.3 Å². The van der Waals surface area contributed by atoms with E-state index in [4.69, 9.17) is 0 Å². The number of carbonyl (C=O) groups excluding carboxylic acids is 1. The number of hydrogen-bond acceptors (Lipinski definition) is 3. The minimum Gasteiger partial charge on any atom is -0.480 e. The van der Waals surface area contributed by atoms with Crippen LogP contribution in [0.25, 0.3) is 10.2 Å². The zero-order valence-electron chi connectivity index (χ0n) is 14.6. The average Bonchev–Trinajstić information content (AvgIpc) is 2.99.